The molecule has 146 valence electrons. The number of carbonyl (C=O) groups excluding carboxylic acids is 1. The van der Waals surface area contributed by atoms with E-state index < -0.39 is 0 Å². The topological polar surface area (TPSA) is 63.1 Å². The number of nitrogens with one attached hydrogen (secondary N) is 1. The second-order valence-corrected chi connectivity index (χ2v) is 7.68. The van der Waals surface area contributed by atoms with Crippen LogP contribution in [0.15, 0.2) is 42.6 Å². The van der Waals surface area contributed by atoms with Crippen molar-refractivity contribution >= 4 is 16.9 Å². The average Bonchev–Trinajstić information content (AvgIpc) is 3.01. The Morgan fingerprint density at radius 2 is 1.93 bits per heavy atom. The molecule has 0 saturated carbocycles. The van der Waals surface area contributed by atoms with Crippen molar-refractivity contribution in [3.63, 3.8) is 0 Å². The molecule has 1 fully saturated rings. The molecule has 3 aromatic rings. The summed E-state index contributed by atoms with van der Waals surface area (Å²) in [5.74, 6) is 0.290. The van der Waals surface area contributed by atoms with Crippen molar-refractivity contribution < 1.29 is 4.79 Å². The highest BCUT2D eigenvalue weighted by Crippen LogP contribution is 2.21. The van der Waals surface area contributed by atoms with Gasteiger partial charge in [0.05, 0.1) is 5.69 Å². The third-order valence-corrected chi connectivity index (χ3v) is 5.59. The van der Waals surface area contributed by atoms with Crippen molar-refractivity contribution in [3.8, 4) is 0 Å². The lowest BCUT2D eigenvalue weighted by atomic mass is 9.95. The molecule has 6 nitrogen and oxygen atoms in total. The number of piperidine rings is 1. The van der Waals surface area contributed by atoms with Crippen LogP contribution in [-0.4, -0.2) is 38.7 Å². The molecule has 0 spiro atoms. The molecule has 1 N–H and O–H groups in total. The molecule has 0 aliphatic carbocycles. The first-order valence-electron chi connectivity index (χ1n) is 9.92. The summed E-state index contributed by atoms with van der Waals surface area (Å²) in [6.45, 7) is 5.37. The minimum absolute atomic E-state index is 0.112. The van der Waals surface area contributed by atoms with Gasteiger partial charge in [0.25, 0.3) is 0 Å². The number of pyridine rings is 1. The lowest BCUT2D eigenvalue weighted by Crippen LogP contribution is -2.40. The molecular weight excluding hydrogens is 350 g/mol. The Bertz CT molecular complexity index is 958. The number of carbonyl (C=O) groups is 1. The Balaban J connectivity index is 1.29. The highest BCUT2D eigenvalue weighted by atomic mass is 16.1. The van der Waals surface area contributed by atoms with Gasteiger partial charge in [-0.25, -0.2) is 4.98 Å². The van der Waals surface area contributed by atoms with Gasteiger partial charge in [-0.15, -0.1) is 0 Å². The van der Waals surface area contributed by atoms with Crippen LogP contribution in [0, 0.1) is 12.8 Å². The minimum Gasteiger partial charge on any atom is -0.352 e. The first-order chi connectivity index (χ1) is 13.6. The summed E-state index contributed by atoms with van der Waals surface area (Å²) >= 11 is 0. The fourth-order valence-electron chi connectivity index (χ4n) is 3.98. The van der Waals surface area contributed by atoms with Crippen LogP contribution < -0.4 is 5.32 Å². The van der Waals surface area contributed by atoms with E-state index in [4.69, 9.17) is 0 Å². The molecule has 0 radical (unpaired) electrons. The number of likely N-dealkylation sites (tertiary alicyclic amines) is 1. The van der Waals surface area contributed by atoms with E-state index in [0.29, 0.717) is 6.54 Å². The van der Waals surface area contributed by atoms with Crippen LogP contribution in [0.4, 0.5) is 0 Å². The quantitative estimate of drug-likeness (QED) is 0.743. The Morgan fingerprint density at radius 3 is 2.68 bits per heavy atom. The fraction of sp³-hybridized carbons (Fsp3) is 0.409. The molecule has 0 bridgehead atoms. The second-order valence-electron chi connectivity index (χ2n) is 7.68. The van der Waals surface area contributed by atoms with Crippen LogP contribution in [0.25, 0.3) is 11.0 Å². The molecule has 6 heteroatoms. The van der Waals surface area contributed by atoms with Gasteiger partial charge in [0.2, 0.25) is 5.91 Å². The predicted octanol–water partition coefficient (Wildman–Crippen LogP) is 2.81. The molecule has 3 heterocycles. The van der Waals surface area contributed by atoms with Crippen molar-refractivity contribution in [1.29, 1.82) is 0 Å². The smallest absolute Gasteiger partial charge is 0.223 e. The van der Waals surface area contributed by atoms with Gasteiger partial charge in [0.15, 0.2) is 5.65 Å². The Hall–Kier alpha value is -2.73. The zero-order valence-electron chi connectivity index (χ0n) is 16.6. The van der Waals surface area contributed by atoms with Crippen LogP contribution in [0.1, 0.15) is 29.7 Å². The number of rotatable bonds is 5. The largest absolute Gasteiger partial charge is 0.352 e. The Labute approximate surface area is 165 Å². The summed E-state index contributed by atoms with van der Waals surface area (Å²) in [7, 11) is 1.93. The van der Waals surface area contributed by atoms with E-state index in [0.717, 1.165) is 54.8 Å². The standard InChI is InChI=1S/C22H27N5O/c1-16-20-12-18(14-23-21(20)26(2)25-16)15-27-10-8-19(9-11-27)22(28)24-13-17-6-4-3-5-7-17/h3-7,12,14,19H,8-11,13,15H2,1-2H3,(H,24,28). The zero-order chi connectivity index (χ0) is 19.5. The van der Waals surface area contributed by atoms with E-state index in [1.165, 1.54) is 5.56 Å². The molecule has 2 aromatic heterocycles. The van der Waals surface area contributed by atoms with Gasteiger partial charge in [-0.3, -0.25) is 14.4 Å². The SMILES string of the molecule is Cc1nn(C)c2ncc(CN3CCC(C(=O)NCc4ccccc4)CC3)cc12. The van der Waals surface area contributed by atoms with Gasteiger partial charge in [-0.05, 0) is 50.0 Å². The lowest BCUT2D eigenvalue weighted by molar-refractivity contribution is -0.126. The summed E-state index contributed by atoms with van der Waals surface area (Å²) in [6.07, 6.45) is 3.76. The van der Waals surface area contributed by atoms with E-state index in [1.54, 1.807) is 0 Å². The molecule has 1 aliphatic rings. The van der Waals surface area contributed by atoms with E-state index in [1.807, 2.05) is 55.2 Å². The molecule has 0 atom stereocenters. The summed E-state index contributed by atoms with van der Waals surface area (Å²) in [5.41, 5.74) is 4.29. The number of amides is 1. The number of hydrogen-bond acceptors (Lipinski definition) is 4. The Morgan fingerprint density at radius 1 is 1.18 bits per heavy atom. The molecule has 1 amide bonds. The number of nitrogens with zero attached hydrogens (tertiary/aromatic N) is 4. The van der Waals surface area contributed by atoms with Gasteiger partial charge in [-0.2, -0.15) is 5.10 Å². The summed E-state index contributed by atoms with van der Waals surface area (Å²) < 4.78 is 1.83. The monoisotopic (exact) mass is 377 g/mol. The van der Waals surface area contributed by atoms with E-state index in [2.05, 4.69) is 26.4 Å². The number of benzene rings is 1. The second kappa shape index (κ2) is 8.10. The maximum absolute atomic E-state index is 12.5. The molecular formula is C22H27N5O. The fourth-order valence-corrected chi connectivity index (χ4v) is 3.98. The van der Waals surface area contributed by atoms with Gasteiger partial charge in [0, 0.05) is 37.6 Å². The summed E-state index contributed by atoms with van der Waals surface area (Å²) in [4.78, 5) is 19.5. The predicted molar refractivity (Wildman–Crippen MR) is 110 cm³/mol. The van der Waals surface area contributed by atoms with Crippen LogP contribution in [0.3, 0.4) is 0 Å². The van der Waals surface area contributed by atoms with Crippen LogP contribution in [0.2, 0.25) is 0 Å². The molecule has 0 unspecified atom stereocenters. The van der Waals surface area contributed by atoms with Crippen LogP contribution in [-0.2, 0) is 24.9 Å². The highest BCUT2D eigenvalue weighted by molar-refractivity contribution is 5.79. The van der Waals surface area contributed by atoms with Crippen molar-refractivity contribution in [2.45, 2.75) is 32.9 Å². The molecule has 4 rings (SSSR count). The van der Waals surface area contributed by atoms with Gasteiger partial charge in [0.1, 0.15) is 0 Å². The maximum atomic E-state index is 12.5. The third-order valence-electron chi connectivity index (χ3n) is 5.59. The third kappa shape index (κ3) is 4.07. The number of fused-ring (bicyclic) bond motifs is 1. The molecule has 28 heavy (non-hydrogen) atoms. The molecule has 1 aromatic carbocycles. The van der Waals surface area contributed by atoms with Crippen LogP contribution in [0.5, 0.6) is 0 Å². The maximum Gasteiger partial charge on any atom is 0.223 e. The van der Waals surface area contributed by atoms with Crippen molar-refractivity contribution in [2.75, 3.05) is 13.1 Å². The van der Waals surface area contributed by atoms with E-state index in [9.17, 15) is 4.79 Å². The van der Waals surface area contributed by atoms with E-state index in [-0.39, 0.29) is 11.8 Å². The minimum atomic E-state index is 0.112. The van der Waals surface area contributed by atoms with E-state index >= 15 is 0 Å². The average molecular weight is 377 g/mol. The lowest BCUT2D eigenvalue weighted by Gasteiger charge is -2.31. The highest BCUT2D eigenvalue weighted by Gasteiger charge is 2.25. The number of aryl methyl sites for hydroxylation is 2. The van der Waals surface area contributed by atoms with Crippen LogP contribution >= 0.6 is 0 Å². The zero-order valence-corrected chi connectivity index (χ0v) is 16.6. The Kier molecular flexibility index (Phi) is 5.39. The summed E-state index contributed by atoms with van der Waals surface area (Å²) in [6, 6.07) is 12.3. The number of hydrogen-bond donors (Lipinski definition) is 1. The van der Waals surface area contributed by atoms with Gasteiger partial charge in [-0.1, -0.05) is 30.3 Å². The molecule has 1 aliphatic heterocycles. The van der Waals surface area contributed by atoms with Crippen molar-refractivity contribution in [1.82, 2.24) is 25.0 Å². The van der Waals surface area contributed by atoms with Gasteiger partial charge >= 0.3 is 0 Å². The normalized spacial score (nSPS) is 15.8. The van der Waals surface area contributed by atoms with Gasteiger partial charge < -0.3 is 5.32 Å². The van der Waals surface area contributed by atoms with Crippen molar-refractivity contribution in [2.24, 2.45) is 13.0 Å². The van der Waals surface area contributed by atoms with Crippen molar-refractivity contribution in [3.05, 3.63) is 59.4 Å². The number of aromatic nitrogens is 3. The summed E-state index contributed by atoms with van der Waals surface area (Å²) in [5, 5.41) is 8.65. The first kappa shape index (κ1) is 18.6. The first-order valence-corrected chi connectivity index (χ1v) is 9.92. The molecule has 1 saturated heterocycles.